The second-order valence-electron chi connectivity index (χ2n) is 6.81. The van der Waals surface area contributed by atoms with Gasteiger partial charge >= 0.3 is 0 Å². The minimum Gasteiger partial charge on any atom is -0.399 e. The minimum absolute atomic E-state index is 0.137. The highest BCUT2D eigenvalue weighted by atomic mass is 16.1. The molecule has 3 nitrogen and oxygen atoms in total. The first kappa shape index (κ1) is 16.9. The van der Waals surface area contributed by atoms with Crippen LogP contribution in [0.25, 0.3) is 0 Å². The lowest BCUT2D eigenvalue weighted by atomic mass is 9.78. The summed E-state index contributed by atoms with van der Waals surface area (Å²) >= 11 is 0. The van der Waals surface area contributed by atoms with E-state index in [-0.39, 0.29) is 11.9 Å². The molecule has 0 radical (unpaired) electrons. The van der Waals surface area contributed by atoms with Crippen LogP contribution in [0.2, 0.25) is 0 Å². The number of para-hydroxylation sites is 1. The van der Waals surface area contributed by atoms with Crippen molar-refractivity contribution in [2.24, 2.45) is 11.8 Å². The Morgan fingerprint density at radius 1 is 1.23 bits per heavy atom. The molecule has 22 heavy (non-hydrogen) atoms. The van der Waals surface area contributed by atoms with Crippen LogP contribution >= 0.6 is 0 Å². The molecule has 0 heterocycles. The molecule has 0 bridgehead atoms. The summed E-state index contributed by atoms with van der Waals surface area (Å²) in [5.41, 5.74) is 7.76. The molecule has 0 aromatic heterocycles. The number of nitrogens with one attached hydrogen (secondary N) is 1. The summed E-state index contributed by atoms with van der Waals surface area (Å²) in [5, 5.41) is 3.19. The molecule has 3 N–H and O–H groups in total. The van der Waals surface area contributed by atoms with Crippen LogP contribution in [0.1, 0.15) is 57.9 Å². The Hall–Kier alpha value is -1.51. The van der Waals surface area contributed by atoms with Crippen molar-refractivity contribution < 1.29 is 4.79 Å². The molecule has 1 fully saturated rings. The Bertz CT molecular complexity index is 480. The van der Waals surface area contributed by atoms with Crippen molar-refractivity contribution in [3.63, 3.8) is 0 Å². The first-order valence-corrected chi connectivity index (χ1v) is 8.70. The van der Waals surface area contributed by atoms with Gasteiger partial charge in [0.1, 0.15) is 0 Å². The second kappa shape index (κ2) is 8.21. The Kier molecular flexibility index (Phi) is 6.29. The Morgan fingerprint density at radius 3 is 2.59 bits per heavy atom. The molecule has 0 spiro atoms. The van der Waals surface area contributed by atoms with Crippen LogP contribution in [0.15, 0.2) is 24.3 Å². The van der Waals surface area contributed by atoms with E-state index in [0.29, 0.717) is 18.8 Å². The Labute approximate surface area is 134 Å². The van der Waals surface area contributed by atoms with E-state index in [1.165, 1.54) is 32.1 Å². The molecule has 2 atom stereocenters. The highest BCUT2D eigenvalue weighted by molar-refractivity contribution is 5.76. The zero-order chi connectivity index (χ0) is 15.9. The molecular weight excluding hydrogens is 272 g/mol. The Morgan fingerprint density at radius 2 is 1.91 bits per heavy atom. The quantitative estimate of drug-likeness (QED) is 0.782. The summed E-state index contributed by atoms with van der Waals surface area (Å²) in [4.78, 5) is 12.2. The summed E-state index contributed by atoms with van der Waals surface area (Å²) < 4.78 is 0. The molecule has 1 aromatic rings. The fourth-order valence-corrected chi connectivity index (χ4v) is 3.54. The third-order valence-electron chi connectivity index (χ3n) is 5.25. The van der Waals surface area contributed by atoms with Crippen LogP contribution in [0.4, 0.5) is 5.69 Å². The summed E-state index contributed by atoms with van der Waals surface area (Å²) in [5.74, 6) is 1.47. The lowest BCUT2D eigenvalue weighted by Crippen LogP contribution is -2.40. The van der Waals surface area contributed by atoms with E-state index in [1.54, 1.807) is 0 Å². The smallest absolute Gasteiger partial charge is 0.220 e. The van der Waals surface area contributed by atoms with Gasteiger partial charge in [0, 0.05) is 18.2 Å². The summed E-state index contributed by atoms with van der Waals surface area (Å²) in [6.45, 7) is 4.43. The third kappa shape index (κ3) is 4.75. The first-order chi connectivity index (χ1) is 10.6. The molecule has 0 aliphatic heterocycles. The van der Waals surface area contributed by atoms with E-state index in [4.69, 9.17) is 5.73 Å². The van der Waals surface area contributed by atoms with E-state index in [2.05, 4.69) is 19.2 Å². The van der Waals surface area contributed by atoms with Gasteiger partial charge < -0.3 is 11.1 Å². The number of hydrogen-bond acceptors (Lipinski definition) is 2. The number of hydrogen-bond donors (Lipinski definition) is 2. The highest BCUT2D eigenvalue weighted by Gasteiger charge is 2.25. The van der Waals surface area contributed by atoms with Crippen LogP contribution < -0.4 is 11.1 Å². The lowest BCUT2D eigenvalue weighted by molar-refractivity contribution is -0.122. The fourth-order valence-electron chi connectivity index (χ4n) is 3.54. The maximum absolute atomic E-state index is 12.2. The number of benzene rings is 1. The van der Waals surface area contributed by atoms with Crippen molar-refractivity contribution in [2.45, 2.75) is 64.8 Å². The van der Waals surface area contributed by atoms with Crippen LogP contribution in [-0.4, -0.2) is 11.9 Å². The standard InChI is InChI=1S/C19H30N2O/c1-14(16-8-4-3-5-9-16)15(2)21-19(22)13-12-17-10-6-7-11-18(17)20/h6-7,10-11,14-16H,3-5,8-9,12-13,20H2,1-2H3,(H,21,22). The number of aryl methyl sites for hydroxylation is 1. The van der Waals surface area contributed by atoms with Gasteiger partial charge in [0.25, 0.3) is 0 Å². The van der Waals surface area contributed by atoms with Crippen molar-refractivity contribution in [1.29, 1.82) is 0 Å². The van der Waals surface area contributed by atoms with Gasteiger partial charge in [-0.2, -0.15) is 0 Å². The van der Waals surface area contributed by atoms with Crippen molar-refractivity contribution >= 4 is 11.6 Å². The predicted molar refractivity (Wildman–Crippen MR) is 92.5 cm³/mol. The number of carbonyl (C=O) groups is 1. The van der Waals surface area contributed by atoms with Crippen LogP contribution in [-0.2, 0) is 11.2 Å². The van der Waals surface area contributed by atoms with Crippen molar-refractivity contribution in [3.05, 3.63) is 29.8 Å². The Balaban J connectivity index is 1.77. The number of anilines is 1. The maximum Gasteiger partial charge on any atom is 0.220 e. The average Bonchev–Trinajstić information content (AvgIpc) is 2.54. The van der Waals surface area contributed by atoms with Crippen LogP contribution in [0.3, 0.4) is 0 Å². The lowest BCUT2D eigenvalue weighted by Gasteiger charge is -2.32. The van der Waals surface area contributed by atoms with Gasteiger partial charge in [-0.3, -0.25) is 4.79 Å². The molecule has 2 rings (SSSR count). The van der Waals surface area contributed by atoms with Crippen LogP contribution in [0.5, 0.6) is 0 Å². The zero-order valence-corrected chi connectivity index (χ0v) is 14.0. The zero-order valence-electron chi connectivity index (χ0n) is 14.0. The number of nitrogen functional groups attached to an aromatic ring is 1. The number of rotatable bonds is 6. The van der Waals surface area contributed by atoms with Gasteiger partial charge in [-0.25, -0.2) is 0 Å². The first-order valence-electron chi connectivity index (χ1n) is 8.70. The molecule has 1 aliphatic carbocycles. The minimum atomic E-state index is 0.137. The van der Waals surface area contributed by atoms with Gasteiger partial charge in [0.15, 0.2) is 0 Å². The molecule has 122 valence electrons. The molecule has 3 heteroatoms. The molecule has 1 saturated carbocycles. The number of amides is 1. The largest absolute Gasteiger partial charge is 0.399 e. The highest BCUT2D eigenvalue weighted by Crippen LogP contribution is 2.31. The van der Waals surface area contributed by atoms with E-state index in [1.807, 2.05) is 24.3 Å². The number of carbonyl (C=O) groups excluding carboxylic acids is 1. The molecule has 0 saturated heterocycles. The van der Waals surface area contributed by atoms with Gasteiger partial charge in [0.2, 0.25) is 5.91 Å². The molecular formula is C19H30N2O. The monoisotopic (exact) mass is 302 g/mol. The number of nitrogens with two attached hydrogens (primary N) is 1. The summed E-state index contributed by atoms with van der Waals surface area (Å²) in [7, 11) is 0. The van der Waals surface area contributed by atoms with Crippen molar-refractivity contribution in [2.75, 3.05) is 5.73 Å². The van der Waals surface area contributed by atoms with Gasteiger partial charge in [-0.15, -0.1) is 0 Å². The van der Waals surface area contributed by atoms with E-state index in [9.17, 15) is 4.79 Å². The van der Waals surface area contributed by atoms with Gasteiger partial charge in [-0.05, 0) is 36.8 Å². The summed E-state index contributed by atoms with van der Waals surface area (Å²) in [6, 6.07) is 8.03. The fraction of sp³-hybridized carbons (Fsp3) is 0.632. The SMILES string of the molecule is CC(NC(=O)CCc1ccccc1N)C(C)C1CCCCC1. The van der Waals surface area contributed by atoms with Crippen molar-refractivity contribution in [1.82, 2.24) is 5.32 Å². The van der Waals surface area contributed by atoms with Crippen molar-refractivity contribution in [3.8, 4) is 0 Å². The molecule has 1 aliphatic rings. The molecule has 1 aromatic carbocycles. The van der Waals surface area contributed by atoms with Crippen LogP contribution in [0, 0.1) is 11.8 Å². The van der Waals surface area contributed by atoms with Gasteiger partial charge in [0.05, 0.1) is 0 Å². The topological polar surface area (TPSA) is 55.1 Å². The van der Waals surface area contributed by atoms with E-state index < -0.39 is 0 Å². The predicted octanol–water partition coefficient (Wildman–Crippen LogP) is 3.92. The van der Waals surface area contributed by atoms with E-state index >= 15 is 0 Å². The molecule has 1 amide bonds. The summed E-state index contributed by atoms with van der Waals surface area (Å²) in [6.07, 6.45) is 7.94. The molecule has 2 unspecified atom stereocenters. The third-order valence-corrected chi connectivity index (χ3v) is 5.25. The average molecular weight is 302 g/mol. The van der Waals surface area contributed by atoms with Gasteiger partial charge in [-0.1, -0.05) is 57.2 Å². The second-order valence-corrected chi connectivity index (χ2v) is 6.81. The van der Waals surface area contributed by atoms with E-state index in [0.717, 1.165) is 17.2 Å². The maximum atomic E-state index is 12.2. The normalized spacial score (nSPS) is 18.6.